The van der Waals surface area contributed by atoms with Gasteiger partial charge < -0.3 is 9.80 Å². The van der Waals surface area contributed by atoms with E-state index in [0.29, 0.717) is 24.7 Å². The molecule has 0 N–H and O–H groups in total. The number of carbonyl (C=O) groups is 1. The van der Waals surface area contributed by atoms with Gasteiger partial charge in [0.05, 0.1) is 0 Å². The number of amides is 1. The molecule has 0 fully saturated rings. The molecule has 28 heavy (non-hydrogen) atoms. The van der Waals surface area contributed by atoms with Crippen molar-refractivity contribution >= 4 is 17.5 Å². The van der Waals surface area contributed by atoms with E-state index in [0.717, 1.165) is 16.9 Å². The minimum absolute atomic E-state index is 0.115. The molecular formula is C23H26N4O. The average Bonchev–Trinajstić information content (AvgIpc) is 2.68. The van der Waals surface area contributed by atoms with Crippen molar-refractivity contribution in [3.05, 3.63) is 83.2 Å². The first-order chi connectivity index (χ1) is 13.5. The molecule has 144 valence electrons. The monoisotopic (exact) mass is 374 g/mol. The third kappa shape index (κ3) is 4.55. The van der Waals surface area contributed by atoms with E-state index < -0.39 is 0 Å². The van der Waals surface area contributed by atoms with Crippen molar-refractivity contribution in [2.45, 2.75) is 27.3 Å². The summed E-state index contributed by atoms with van der Waals surface area (Å²) in [5.74, 6) is 0.431. The molecule has 0 aliphatic carbocycles. The van der Waals surface area contributed by atoms with E-state index in [9.17, 15) is 4.79 Å². The van der Waals surface area contributed by atoms with Gasteiger partial charge in [-0.25, -0.2) is 9.97 Å². The summed E-state index contributed by atoms with van der Waals surface area (Å²) in [6.45, 7) is 7.25. The maximum absolute atomic E-state index is 13.0. The second-order valence-corrected chi connectivity index (χ2v) is 6.92. The number of anilines is 2. The lowest BCUT2D eigenvalue weighted by Crippen LogP contribution is -2.28. The Morgan fingerprint density at radius 3 is 2.39 bits per heavy atom. The Bertz CT molecular complexity index is 956. The van der Waals surface area contributed by atoms with Crippen molar-refractivity contribution < 1.29 is 4.79 Å². The first kappa shape index (κ1) is 19.5. The fourth-order valence-corrected chi connectivity index (χ4v) is 3.14. The molecule has 3 aromatic rings. The standard InChI is InChI=1S/C23H26N4O/c1-5-27(20-13-9-10-17(2)14-20)23-24-18(3)15-21(25-23)22(28)26(4)16-19-11-7-6-8-12-19/h6-15H,5,16H2,1-4H3. The Morgan fingerprint density at radius 1 is 0.964 bits per heavy atom. The Labute approximate surface area is 166 Å². The quantitative estimate of drug-likeness (QED) is 0.636. The number of rotatable bonds is 6. The molecule has 5 heteroatoms. The number of aryl methyl sites for hydroxylation is 2. The number of carbonyl (C=O) groups excluding carboxylic acids is 1. The summed E-state index contributed by atoms with van der Waals surface area (Å²) < 4.78 is 0. The van der Waals surface area contributed by atoms with Crippen LogP contribution in [0, 0.1) is 13.8 Å². The van der Waals surface area contributed by atoms with Crippen LogP contribution in [-0.2, 0) is 6.54 Å². The summed E-state index contributed by atoms with van der Waals surface area (Å²) in [6.07, 6.45) is 0. The lowest BCUT2D eigenvalue weighted by molar-refractivity contribution is 0.0779. The predicted molar refractivity (Wildman–Crippen MR) is 113 cm³/mol. The van der Waals surface area contributed by atoms with Crippen molar-refractivity contribution in [3.63, 3.8) is 0 Å². The maximum atomic E-state index is 13.0. The molecule has 0 aliphatic rings. The first-order valence-corrected chi connectivity index (χ1v) is 9.47. The summed E-state index contributed by atoms with van der Waals surface area (Å²) in [7, 11) is 1.80. The molecule has 1 aromatic heterocycles. The molecule has 2 aromatic carbocycles. The van der Waals surface area contributed by atoms with Gasteiger partial charge in [0, 0.05) is 31.5 Å². The summed E-state index contributed by atoms with van der Waals surface area (Å²) in [5, 5.41) is 0. The van der Waals surface area contributed by atoms with Crippen molar-refractivity contribution in [1.29, 1.82) is 0 Å². The molecule has 0 saturated carbocycles. The van der Waals surface area contributed by atoms with Gasteiger partial charge in [0.25, 0.3) is 5.91 Å². The number of benzene rings is 2. The minimum atomic E-state index is -0.115. The van der Waals surface area contributed by atoms with Crippen molar-refractivity contribution in [2.24, 2.45) is 0 Å². The zero-order valence-electron chi connectivity index (χ0n) is 16.9. The van der Waals surface area contributed by atoms with Crippen LogP contribution in [0.25, 0.3) is 0 Å². The lowest BCUT2D eigenvalue weighted by Gasteiger charge is -2.23. The van der Waals surface area contributed by atoms with E-state index in [1.807, 2.05) is 54.3 Å². The Balaban J connectivity index is 1.88. The van der Waals surface area contributed by atoms with Gasteiger partial charge in [-0.2, -0.15) is 0 Å². The number of nitrogens with zero attached hydrogens (tertiary/aromatic N) is 4. The smallest absolute Gasteiger partial charge is 0.272 e. The van der Waals surface area contributed by atoms with Gasteiger partial charge in [0.2, 0.25) is 5.95 Å². The Morgan fingerprint density at radius 2 is 1.71 bits per heavy atom. The van der Waals surface area contributed by atoms with Gasteiger partial charge in [-0.05, 0) is 50.1 Å². The van der Waals surface area contributed by atoms with E-state index in [-0.39, 0.29) is 5.91 Å². The SMILES string of the molecule is CCN(c1cccc(C)c1)c1nc(C)cc(C(=O)N(C)Cc2ccccc2)n1. The summed E-state index contributed by atoms with van der Waals surface area (Å²) in [6, 6.07) is 19.9. The highest BCUT2D eigenvalue weighted by Gasteiger charge is 2.18. The largest absolute Gasteiger partial charge is 0.336 e. The van der Waals surface area contributed by atoms with Gasteiger partial charge in [-0.15, -0.1) is 0 Å². The zero-order chi connectivity index (χ0) is 20.1. The zero-order valence-corrected chi connectivity index (χ0v) is 16.9. The second-order valence-electron chi connectivity index (χ2n) is 6.92. The van der Waals surface area contributed by atoms with E-state index in [1.165, 1.54) is 5.56 Å². The van der Waals surface area contributed by atoms with E-state index in [2.05, 4.69) is 35.9 Å². The highest BCUT2D eigenvalue weighted by molar-refractivity contribution is 5.92. The molecule has 0 unspecified atom stereocenters. The molecule has 0 spiro atoms. The van der Waals surface area contributed by atoms with Gasteiger partial charge in [-0.3, -0.25) is 4.79 Å². The summed E-state index contributed by atoms with van der Waals surface area (Å²) in [4.78, 5) is 25.9. The molecule has 3 rings (SSSR count). The van der Waals surface area contributed by atoms with Crippen molar-refractivity contribution in [2.75, 3.05) is 18.5 Å². The van der Waals surface area contributed by atoms with Crippen LogP contribution < -0.4 is 4.90 Å². The molecule has 0 aliphatic heterocycles. The van der Waals surface area contributed by atoms with Gasteiger partial charge in [0.15, 0.2) is 0 Å². The van der Waals surface area contributed by atoms with Crippen LogP contribution in [0.3, 0.4) is 0 Å². The number of hydrogen-bond acceptors (Lipinski definition) is 4. The molecule has 0 atom stereocenters. The molecule has 0 radical (unpaired) electrons. The van der Waals surface area contributed by atoms with Crippen LogP contribution in [-0.4, -0.2) is 34.4 Å². The fraction of sp³-hybridized carbons (Fsp3) is 0.261. The van der Waals surface area contributed by atoms with Crippen LogP contribution in [0.2, 0.25) is 0 Å². The Hall–Kier alpha value is -3.21. The van der Waals surface area contributed by atoms with Crippen molar-refractivity contribution in [3.8, 4) is 0 Å². The van der Waals surface area contributed by atoms with Crippen molar-refractivity contribution in [1.82, 2.24) is 14.9 Å². The molecule has 0 bridgehead atoms. The Kier molecular flexibility index (Phi) is 6.04. The summed E-state index contributed by atoms with van der Waals surface area (Å²) in [5.41, 5.74) is 4.45. The lowest BCUT2D eigenvalue weighted by atomic mass is 10.2. The first-order valence-electron chi connectivity index (χ1n) is 9.47. The number of hydrogen-bond donors (Lipinski definition) is 0. The van der Waals surface area contributed by atoms with E-state index >= 15 is 0 Å². The van der Waals surface area contributed by atoms with Gasteiger partial charge >= 0.3 is 0 Å². The minimum Gasteiger partial charge on any atom is -0.336 e. The van der Waals surface area contributed by atoms with Crippen LogP contribution >= 0.6 is 0 Å². The molecule has 0 saturated heterocycles. The third-order valence-corrected chi connectivity index (χ3v) is 4.54. The summed E-state index contributed by atoms with van der Waals surface area (Å²) >= 11 is 0. The van der Waals surface area contributed by atoms with Crippen LogP contribution in [0.15, 0.2) is 60.7 Å². The molecule has 1 amide bonds. The third-order valence-electron chi connectivity index (χ3n) is 4.54. The molecule has 1 heterocycles. The van der Waals surface area contributed by atoms with Gasteiger partial charge in [0.1, 0.15) is 5.69 Å². The maximum Gasteiger partial charge on any atom is 0.272 e. The van der Waals surface area contributed by atoms with Crippen LogP contribution in [0.1, 0.15) is 34.2 Å². The van der Waals surface area contributed by atoms with Crippen LogP contribution in [0.5, 0.6) is 0 Å². The van der Waals surface area contributed by atoms with Crippen LogP contribution in [0.4, 0.5) is 11.6 Å². The average molecular weight is 374 g/mol. The van der Waals surface area contributed by atoms with Gasteiger partial charge in [-0.1, -0.05) is 42.5 Å². The highest BCUT2D eigenvalue weighted by Crippen LogP contribution is 2.23. The van der Waals surface area contributed by atoms with E-state index in [1.54, 1.807) is 18.0 Å². The topological polar surface area (TPSA) is 49.3 Å². The fourth-order valence-electron chi connectivity index (χ4n) is 3.14. The molecule has 5 nitrogen and oxygen atoms in total. The second kappa shape index (κ2) is 8.65. The molecular weight excluding hydrogens is 348 g/mol. The highest BCUT2D eigenvalue weighted by atomic mass is 16.2. The van der Waals surface area contributed by atoms with E-state index in [4.69, 9.17) is 0 Å². The normalized spacial score (nSPS) is 10.6. The number of aromatic nitrogens is 2. The predicted octanol–water partition coefficient (Wildman–Crippen LogP) is 4.52.